The second-order valence-corrected chi connectivity index (χ2v) is 5.68. The maximum absolute atomic E-state index is 13.8. The van der Waals surface area contributed by atoms with Crippen LogP contribution >= 0.6 is 15.9 Å². The van der Waals surface area contributed by atoms with Crippen LogP contribution in [-0.4, -0.2) is 0 Å². The Morgan fingerprint density at radius 2 is 2.00 bits per heavy atom. The molecule has 0 unspecified atom stereocenters. The quantitative estimate of drug-likeness (QED) is 0.874. The first-order valence-electron chi connectivity index (χ1n) is 5.11. The van der Waals surface area contributed by atoms with E-state index in [0.717, 1.165) is 22.9 Å². The van der Waals surface area contributed by atoms with E-state index in [1.165, 1.54) is 0 Å². The van der Waals surface area contributed by atoms with Crippen LogP contribution in [0, 0.1) is 0 Å². The average Bonchev–Trinajstić information content (AvgIpc) is 2.82. The van der Waals surface area contributed by atoms with Crippen molar-refractivity contribution in [1.29, 1.82) is 0 Å². The minimum absolute atomic E-state index is 0.151. The molecule has 0 atom stereocenters. The molecule has 3 heteroatoms. The van der Waals surface area contributed by atoms with Crippen LogP contribution in [0.5, 0.6) is 0 Å². The monoisotopic (exact) mass is 271 g/mol. The van der Waals surface area contributed by atoms with Crippen molar-refractivity contribution in [2.24, 2.45) is 5.73 Å². The van der Waals surface area contributed by atoms with Gasteiger partial charge in [-0.25, -0.2) is 4.39 Å². The molecule has 1 aliphatic rings. The molecular weight excluding hydrogens is 257 g/mol. The standard InChI is InChI=1S/C12H15BrFN/c1-11(2,14)9-4-3-8(7-10(9)13)12(15)5-6-12/h3-4,7H,5-6,15H2,1-2H3. The Bertz CT molecular complexity index is 391. The van der Waals surface area contributed by atoms with Crippen molar-refractivity contribution < 1.29 is 4.39 Å². The first-order valence-corrected chi connectivity index (χ1v) is 5.90. The molecule has 1 aliphatic carbocycles. The van der Waals surface area contributed by atoms with Crippen molar-refractivity contribution in [3.63, 3.8) is 0 Å². The van der Waals surface area contributed by atoms with Crippen LogP contribution in [0.4, 0.5) is 4.39 Å². The summed E-state index contributed by atoms with van der Waals surface area (Å²) in [4.78, 5) is 0. The van der Waals surface area contributed by atoms with Crippen molar-refractivity contribution in [3.05, 3.63) is 33.8 Å². The Morgan fingerprint density at radius 3 is 2.40 bits per heavy atom. The molecule has 0 saturated heterocycles. The van der Waals surface area contributed by atoms with Gasteiger partial charge < -0.3 is 5.73 Å². The van der Waals surface area contributed by atoms with Crippen LogP contribution in [0.2, 0.25) is 0 Å². The zero-order valence-corrected chi connectivity index (χ0v) is 10.6. The molecule has 15 heavy (non-hydrogen) atoms. The van der Waals surface area contributed by atoms with E-state index >= 15 is 0 Å². The van der Waals surface area contributed by atoms with Crippen molar-refractivity contribution in [3.8, 4) is 0 Å². The van der Waals surface area contributed by atoms with Gasteiger partial charge in [0.2, 0.25) is 0 Å². The van der Waals surface area contributed by atoms with Crippen molar-refractivity contribution in [1.82, 2.24) is 0 Å². The van der Waals surface area contributed by atoms with Crippen LogP contribution in [0.1, 0.15) is 37.8 Å². The maximum Gasteiger partial charge on any atom is 0.131 e. The molecule has 0 bridgehead atoms. The highest BCUT2D eigenvalue weighted by Crippen LogP contribution is 2.44. The van der Waals surface area contributed by atoms with E-state index in [2.05, 4.69) is 15.9 Å². The topological polar surface area (TPSA) is 26.0 Å². The predicted molar refractivity (Wildman–Crippen MR) is 63.4 cm³/mol. The normalized spacial score (nSPS) is 19.0. The highest BCUT2D eigenvalue weighted by Gasteiger charge is 2.40. The lowest BCUT2D eigenvalue weighted by atomic mass is 9.96. The fourth-order valence-corrected chi connectivity index (χ4v) is 2.58. The highest BCUT2D eigenvalue weighted by molar-refractivity contribution is 9.10. The van der Waals surface area contributed by atoms with E-state index in [1.54, 1.807) is 13.8 Å². The Morgan fingerprint density at radius 1 is 1.40 bits per heavy atom. The minimum atomic E-state index is -1.32. The molecule has 82 valence electrons. The zero-order chi connectivity index (χ0) is 11.3. The third-order valence-electron chi connectivity index (χ3n) is 2.97. The van der Waals surface area contributed by atoms with E-state index in [1.807, 2.05) is 18.2 Å². The van der Waals surface area contributed by atoms with Gasteiger partial charge in [0.25, 0.3) is 0 Å². The molecular formula is C12H15BrFN. The summed E-state index contributed by atoms with van der Waals surface area (Å²) in [6, 6.07) is 5.71. The molecule has 0 aromatic heterocycles. The summed E-state index contributed by atoms with van der Waals surface area (Å²) in [7, 11) is 0. The Balaban J connectivity index is 2.39. The maximum atomic E-state index is 13.8. The van der Waals surface area contributed by atoms with E-state index in [-0.39, 0.29) is 5.54 Å². The predicted octanol–water partition coefficient (Wildman–Crippen LogP) is 3.60. The fourth-order valence-electron chi connectivity index (χ4n) is 1.73. The van der Waals surface area contributed by atoms with Crippen LogP contribution in [0.3, 0.4) is 0 Å². The molecule has 1 saturated carbocycles. The van der Waals surface area contributed by atoms with Gasteiger partial charge >= 0.3 is 0 Å². The van der Waals surface area contributed by atoms with Gasteiger partial charge in [0, 0.05) is 15.6 Å². The van der Waals surface area contributed by atoms with E-state index in [0.29, 0.717) is 5.56 Å². The van der Waals surface area contributed by atoms with Crippen LogP contribution < -0.4 is 5.73 Å². The Kier molecular flexibility index (Phi) is 2.43. The number of halogens is 2. The summed E-state index contributed by atoms with van der Waals surface area (Å²) in [5.74, 6) is 0. The summed E-state index contributed by atoms with van der Waals surface area (Å²) in [6.45, 7) is 3.12. The Labute approximate surface area is 98.0 Å². The Hall–Kier alpha value is -0.410. The summed E-state index contributed by atoms with van der Waals surface area (Å²) in [5, 5.41) is 0. The van der Waals surface area contributed by atoms with Crippen LogP contribution in [-0.2, 0) is 11.2 Å². The fraction of sp³-hybridized carbons (Fsp3) is 0.500. The smallest absolute Gasteiger partial charge is 0.131 e. The zero-order valence-electron chi connectivity index (χ0n) is 8.98. The number of nitrogens with two attached hydrogens (primary N) is 1. The van der Waals surface area contributed by atoms with Crippen LogP contribution in [0.15, 0.2) is 22.7 Å². The second-order valence-electron chi connectivity index (χ2n) is 4.82. The second kappa shape index (κ2) is 3.29. The van der Waals surface area contributed by atoms with Gasteiger partial charge in [0.1, 0.15) is 5.67 Å². The van der Waals surface area contributed by atoms with E-state index in [4.69, 9.17) is 5.73 Å². The van der Waals surface area contributed by atoms with Crippen molar-refractivity contribution >= 4 is 15.9 Å². The van der Waals surface area contributed by atoms with Gasteiger partial charge in [-0.2, -0.15) is 0 Å². The number of hydrogen-bond donors (Lipinski definition) is 1. The third-order valence-corrected chi connectivity index (χ3v) is 3.63. The van der Waals surface area contributed by atoms with Gasteiger partial charge in [-0.3, -0.25) is 0 Å². The number of rotatable bonds is 2. The highest BCUT2D eigenvalue weighted by atomic mass is 79.9. The van der Waals surface area contributed by atoms with Crippen LogP contribution in [0.25, 0.3) is 0 Å². The SMILES string of the molecule is CC(C)(F)c1ccc(C2(N)CC2)cc1Br. The lowest BCUT2D eigenvalue weighted by Gasteiger charge is -2.18. The summed E-state index contributed by atoms with van der Waals surface area (Å²) >= 11 is 3.41. The average molecular weight is 272 g/mol. The van der Waals surface area contributed by atoms with Gasteiger partial charge in [-0.05, 0) is 38.3 Å². The molecule has 1 nitrogen and oxygen atoms in total. The lowest BCUT2D eigenvalue weighted by molar-refractivity contribution is 0.220. The molecule has 0 radical (unpaired) electrons. The van der Waals surface area contributed by atoms with Crippen molar-refractivity contribution in [2.45, 2.75) is 37.9 Å². The first-order chi connectivity index (χ1) is 6.83. The van der Waals surface area contributed by atoms with Gasteiger partial charge in [-0.15, -0.1) is 0 Å². The van der Waals surface area contributed by atoms with Crippen molar-refractivity contribution in [2.75, 3.05) is 0 Å². The number of benzene rings is 1. The summed E-state index contributed by atoms with van der Waals surface area (Å²) in [6.07, 6.45) is 2.05. The summed E-state index contributed by atoms with van der Waals surface area (Å²) in [5.41, 5.74) is 6.39. The third kappa shape index (κ3) is 2.08. The molecule has 1 aromatic rings. The van der Waals surface area contributed by atoms with E-state index in [9.17, 15) is 4.39 Å². The largest absolute Gasteiger partial charge is 0.321 e. The van der Waals surface area contributed by atoms with Gasteiger partial charge in [-0.1, -0.05) is 28.1 Å². The number of alkyl halides is 1. The number of hydrogen-bond acceptors (Lipinski definition) is 1. The van der Waals surface area contributed by atoms with Gasteiger partial charge in [0.15, 0.2) is 0 Å². The first kappa shape index (κ1) is 11.1. The molecule has 0 amide bonds. The van der Waals surface area contributed by atoms with Gasteiger partial charge in [0.05, 0.1) is 0 Å². The molecule has 0 spiro atoms. The molecule has 1 aromatic carbocycles. The molecule has 0 heterocycles. The summed E-state index contributed by atoms with van der Waals surface area (Å²) < 4.78 is 14.6. The minimum Gasteiger partial charge on any atom is -0.321 e. The molecule has 2 rings (SSSR count). The molecule has 2 N–H and O–H groups in total. The molecule has 1 fully saturated rings. The lowest BCUT2D eigenvalue weighted by Crippen LogP contribution is -2.19. The molecule has 0 aliphatic heterocycles. The van der Waals surface area contributed by atoms with E-state index < -0.39 is 5.67 Å².